The molecule has 8 heteroatoms. The number of nitrogens with zero attached hydrogens (tertiary/aromatic N) is 1. The molecular weight excluding hydrogens is 350 g/mol. The molecule has 0 bridgehead atoms. The van der Waals surface area contributed by atoms with Crippen LogP contribution in [0.3, 0.4) is 0 Å². The lowest BCUT2D eigenvalue weighted by molar-refractivity contribution is 0.0737. The van der Waals surface area contributed by atoms with Crippen LogP contribution in [-0.2, 0) is 10.0 Å². The van der Waals surface area contributed by atoms with Gasteiger partial charge in [-0.2, -0.15) is 0 Å². The fourth-order valence-electron chi connectivity index (χ4n) is 2.90. The molecule has 0 spiro atoms. The van der Waals surface area contributed by atoms with Gasteiger partial charge in [0, 0.05) is 30.4 Å². The van der Waals surface area contributed by atoms with Crippen LogP contribution < -0.4 is 10.0 Å². The lowest BCUT2D eigenvalue weighted by Crippen LogP contribution is -2.40. The topological polar surface area (TPSA) is 78.5 Å². The zero-order valence-corrected chi connectivity index (χ0v) is 15.8. The van der Waals surface area contributed by atoms with Crippen LogP contribution in [0.2, 0.25) is 0 Å². The molecule has 1 aliphatic rings. The Morgan fingerprint density at radius 1 is 1.29 bits per heavy atom. The summed E-state index contributed by atoms with van der Waals surface area (Å²) in [5.74, 6) is 0.0957. The molecule has 1 aliphatic heterocycles. The predicted molar refractivity (Wildman–Crippen MR) is 99.4 cm³/mol. The number of benzene rings is 1. The first-order chi connectivity index (χ1) is 11.0. The van der Waals surface area contributed by atoms with Crippen molar-refractivity contribution in [1.82, 2.24) is 10.2 Å². The average molecular weight is 376 g/mol. The molecule has 0 aliphatic carbocycles. The molecule has 24 heavy (non-hydrogen) atoms. The highest BCUT2D eigenvalue weighted by Gasteiger charge is 2.28. The van der Waals surface area contributed by atoms with Crippen molar-refractivity contribution in [3.63, 3.8) is 0 Å². The lowest BCUT2D eigenvalue weighted by atomic mass is 10.1. The molecule has 0 saturated carbocycles. The number of nitrogens with one attached hydrogen (secondary N) is 2. The summed E-state index contributed by atoms with van der Waals surface area (Å²) in [6.45, 7) is 3.38. The quantitative estimate of drug-likeness (QED) is 0.764. The second-order valence-corrected chi connectivity index (χ2v) is 7.69. The van der Waals surface area contributed by atoms with Gasteiger partial charge in [-0.25, -0.2) is 8.42 Å². The van der Waals surface area contributed by atoms with E-state index in [1.807, 2.05) is 18.9 Å². The maximum absolute atomic E-state index is 12.6. The summed E-state index contributed by atoms with van der Waals surface area (Å²) in [5.41, 5.74) is 1.08. The third-order valence-corrected chi connectivity index (χ3v) is 5.45. The Hall–Kier alpha value is -1.31. The van der Waals surface area contributed by atoms with Crippen LogP contribution in [0, 0.1) is 0 Å². The van der Waals surface area contributed by atoms with Crippen molar-refractivity contribution in [1.29, 1.82) is 0 Å². The molecule has 1 saturated heterocycles. The molecule has 1 heterocycles. The van der Waals surface area contributed by atoms with Crippen molar-refractivity contribution in [3.8, 4) is 0 Å². The van der Waals surface area contributed by atoms with Crippen molar-refractivity contribution in [2.75, 3.05) is 30.6 Å². The highest BCUT2D eigenvalue weighted by molar-refractivity contribution is 7.92. The highest BCUT2D eigenvalue weighted by atomic mass is 35.5. The molecule has 2 N–H and O–H groups in total. The number of hydrogen-bond acceptors (Lipinski definition) is 4. The molecule has 1 aromatic carbocycles. The normalized spacial score (nSPS) is 17.4. The van der Waals surface area contributed by atoms with E-state index in [0.717, 1.165) is 25.9 Å². The van der Waals surface area contributed by atoms with Crippen molar-refractivity contribution < 1.29 is 13.2 Å². The number of carbonyl (C=O) groups excluding carboxylic acids is 1. The lowest BCUT2D eigenvalue weighted by Gasteiger charge is -2.24. The van der Waals surface area contributed by atoms with E-state index < -0.39 is 10.0 Å². The van der Waals surface area contributed by atoms with E-state index in [1.54, 1.807) is 24.3 Å². The van der Waals surface area contributed by atoms with Gasteiger partial charge in [0.1, 0.15) is 0 Å². The summed E-state index contributed by atoms with van der Waals surface area (Å²) < 4.78 is 26.0. The van der Waals surface area contributed by atoms with Crippen LogP contribution in [0.4, 0.5) is 5.69 Å². The van der Waals surface area contributed by atoms with Gasteiger partial charge in [0.15, 0.2) is 0 Å². The van der Waals surface area contributed by atoms with E-state index in [1.165, 1.54) is 0 Å². The predicted octanol–water partition coefficient (Wildman–Crippen LogP) is 2.08. The molecule has 1 atom stereocenters. The third-order valence-electron chi connectivity index (χ3n) is 3.96. The summed E-state index contributed by atoms with van der Waals surface area (Å²) in [7, 11) is -1.42. The Balaban J connectivity index is 0.00000288. The van der Waals surface area contributed by atoms with Gasteiger partial charge in [-0.15, -0.1) is 12.4 Å². The summed E-state index contributed by atoms with van der Waals surface area (Å²) in [6, 6.07) is 6.88. The highest BCUT2D eigenvalue weighted by Crippen LogP contribution is 2.21. The number of likely N-dealkylation sites (N-methyl/N-ethyl adjacent to an activating group) is 1. The van der Waals surface area contributed by atoms with Gasteiger partial charge in [-0.05, 0) is 50.6 Å². The minimum Gasteiger partial charge on any atom is -0.334 e. The first-order valence-corrected chi connectivity index (χ1v) is 9.68. The second kappa shape index (κ2) is 9.25. The molecule has 1 unspecified atom stereocenters. The van der Waals surface area contributed by atoms with Crippen LogP contribution in [-0.4, -0.2) is 51.2 Å². The van der Waals surface area contributed by atoms with Gasteiger partial charge in [0.2, 0.25) is 10.0 Å². The molecule has 1 aromatic rings. The number of halogens is 1. The number of carbonyl (C=O) groups is 1. The van der Waals surface area contributed by atoms with Gasteiger partial charge in [0.05, 0.1) is 5.75 Å². The Morgan fingerprint density at radius 2 is 1.96 bits per heavy atom. The minimum absolute atomic E-state index is 0. The van der Waals surface area contributed by atoms with E-state index in [2.05, 4.69) is 10.0 Å². The van der Waals surface area contributed by atoms with Crippen molar-refractivity contribution >= 4 is 34.0 Å². The van der Waals surface area contributed by atoms with E-state index in [-0.39, 0.29) is 30.1 Å². The van der Waals surface area contributed by atoms with Crippen LogP contribution in [0.1, 0.15) is 36.5 Å². The summed E-state index contributed by atoms with van der Waals surface area (Å²) in [6.07, 6.45) is 2.60. The van der Waals surface area contributed by atoms with Crippen LogP contribution in [0.25, 0.3) is 0 Å². The molecule has 1 fully saturated rings. The number of hydrogen-bond donors (Lipinski definition) is 2. The maximum atomic E-state index is 12.6. The Bertz CT molecular complexity index is 634. The molecule has 1 amide bonds. The zero-order chi connectivity index (χ0) is 16.9. The van der Waals surface area contributed by atoms with Gasteiger partial charge in [-0.1, -0.05) is 6.92 Å². The fourth-order valence-corrected chi connectivity index (χ4v) is 4.03. The van der Waals surface area contributed by atoms with Crippen LogP contribution >= 0.6 is 12.4 Å². The third kappa shape index (κ3) is 5.36. The first-order valence-electron chi connectivity index (χ1n) is 8.03. The van der Waals surface area contributed by atoms with Gasteiger partial charge >= 0.3 is 0 Å². The maximum Gasteiger partial charge on any atom is 0.254 e. The summed E-state index contributed by atoms with van der Waals surface area (Å²) in [4.78, 5) is 14.5. The second-order valence-electron chi connectivity index (χ2n) is 5.85. The summed E-state index contributed by atoms with van der Waals surface area (Å²) >= 11 is 0. The SMILES string of the molecule is CCCS(=O)(=O)Nc1ccc(C(=O)N2CCCC2CNC)cc1.Cl. The van der Waals surface area contributed by atoms with E-state index >= 15 is 0 Å². The minimum atomic E-state index is -3.30. The van der Waals surface area contributed by atoms with Crippen molar-refractivity contribution in [2.45, 2.75) is 32.2 Å². The molecular formula is C16H26ClN3O3S. The zero-order valence-electron chi connectivity index (χ0n) is 14.1. The van der Waals surface area contributed by atoms with E-state index in [0.29, 0.717) is 17.7 Å². The number of sulfonamides is 1. The molecule has 0 aromatic heterocycles. The van der Waals surface area contributed by atoms with Gasteiger partial charge < -0.3 is 10.2 Å². The molecule has 0 radical (unpaired) electrons. The van der Waals surface area contributed by atoms with Crippen LogP contribution in [0.5, 0.6) is 0 Å². The standard InChI is InChI=1S/C16H25N3O3S.ClH/c1-3-11-23(21,22)18-14-8-6-13(7-9-14)16(20)19-10-4-5-15(19)12-17-2;/h6-9,15,17-18H,3-5,10-12H2,1-2H3;1H. The first kappa shape index (κ1) is 20.7. The average Bonchev–Trinajstić information content (AvgIpc) is 2.95. The summed E-state index contributed by atoms with van der Waals surface area (Å²) in [5, 5.41) is 3.12. The number of amides is 1. The molecule has 136 valence electrons. The Kier molecular flexibility index (Phi) is 7.99. The van der Waals surface area contributed by atoms with E-state index in [4.69, 9.17) is 0 Å². The largest absolute Gasteiger partial charge is 0.334 e. The Labute approximate surface area is 150 Å². The van der Waals surface area contributed by atoms with Gasteiger partial charge in [0.25, 0.3) is 5.91 Å². The Morgan fingerprint density at radius 3 is 2.54 bits per heavy atom. The van der Waals surface area contributed by atoms with Gasteiger partial charge in [-0.3, -0.25) is 9.52 Å². The smallest absolute Gasteiger partial charge is 0.254 e. The van der Waals surface area contributed by atoms with Crippen molar-refractivity contribution in [2.24, 2.45) is 0 Å². The molecule has 2 rings (SSSR count). The number of likely N-dealkylation sites (tertiary alicyclic amines) is 1. The fraction of sp³-hybridized carbons (Fsp3) is 0.562. The molecule has 6 nitrogen and oxygen atoms in total. The number of rotatable bonds is 7. The van der Waals surface area contributed by atoms with Crippen LogP contribution in [0.15, 0.2) is 24.3 Å². The monoisotopic (exact) mass is 375 g/mol. The number of anilines is 1. The van der Waals surface area contributed by atoms with E-state index in [9.17, 15) is 13.2 Å². The van der Waals surface area contributed by atoms with Crippen molar-refractivity contribution in [3.05, 3.63) is 29.8 Å².